The Balaban J connectivity index is 1.97. The van der Waals surface area contributed by atoms with Crippen LogP contribution in [0, 0.1) is 17.3 Å². The fourth-order valence-corrected chi connectivity index (χ4v) is 3.47. The van der Waals surface area contributed by atoms with E-state index in [2.05, 4.69) is 20.8 Å². The molecule has 0 bridgehead atoms. The third-order valence-electron chi connectivity index (χ3n) is 4.69. The highest BCUT2D eigenvalue weighted by molar-refractivity contribution is 4.90. The molecule has 1 aliphatic carbocycles. The van der Waals surface area contributed by atoms with Gasteiger partial charge in [-0.25, -0.2) is 8.78 Å². The molecule has 0 radical (unpaired) electrons. The van der Waals surface area contributed by atoms with Crippen LogP contribution in [0.25, 0.3) is 0 Å². The first-order chi connectivity index (χ1) is 8.26. The van der Waals surface area contributed by atoms with E-state index < -0.39 is 5.92 Å². The van der Waals surface area contributed by atoms with Gasteiger partial charge in [0.25, 0.3) is 5.92 Å². The van der Waals surface area contributed by atoms with Gasteiger partial charge in [0.1, 0.15) is 0 Å². The smallest absolute Gasteiger partial charge is 0.260 e. The van der Waals surface area contributed by atoms with Crippen molar-refractivity contribution in [2.45, 2.75) is 58.8 Å². The molecule has 0 spiro atoms. The number of piperidine rings is 1. The van der Waals surface area contributed by atoms with Crippen molar-refractivity contribution >= 4 is 0 Å². The summed E-state index contributed by atoms with van der Waals surface area (Å²) in [5, 5.41) is 0. The Morgan fingerprint density at radius 2 is 1.78 bits per heavy atom. The van der Waals surface area contributed by atoms with Gasteiger partial charge >= 0.3 is 0 Å². The molecule has 1 atom stereocenters. The van der Waals surface area contributed by atoms with Crippen LogP contribution in [0.2, 0.25) is 0 Å². The van der Waals surface area contributed by atoms with Crippen molar-refractivity contribution in [3.05, 3.63) is 0 Å². The Labute approximate surface area is 110 Å². The van der Waals surface area contributed by atoms with Crippen LogP contribution >= 0.6 is 0 Å². The molecule has 1 nitrogen and oxygen atoms in total. The van der Waals surface area contributed by atoms with Crippen LogP contribution in [0.15, 0.2) is 0 Å². The van der Waals surface area contributed by atoms with Gasteiger partial charge in [-0.1, -0.05) is 33.6 Å². The second-order valence-corrected chi connectivity index (χ2v) is 7.47. The molecule has 18 heavy (non-hydrogen) atoms. The summed E-state index contributed by atoms with van der Waals surface area (Å²) in [5.74, 6) is -1.71. The molecule has 0 N–H and O–H groups in total. The molecule has 2 rings (SSSR count). The van der Waals surface area contributed by atoms with Gasteiger partial charge in [-0.3, -0.25) is 4.90 Å². The fraction of sp³-hybridized carbons (Fsp3) is 1.00. The number of likely N-dealkylation sites (tertiary alicyclic amines) is 1. The molecule has 1 aliphatic heterocycles. The predicted molar refractivity (Wildman–Crippen MR) is 70.9 cm³/mol. The number of hydrogen-bond acceptors (Lipinski definition) is 1. The molecule has 2 fully saturated rings. The van der Waals surface area contributed by atoms with Crippen molar-refractivity contribution in [2.24, 2.45) is 17.3 Å². The van der Waals surface area contributed by atoms with Gasteiger partial charge in [0.2, 0.25) is 0 Å². The van der Waals surface area contributed by atoms with Crippen LogP contribution in [-0.2, 0) is 0 Å². The summed E-state index contributed by atoms with van der Waals surface area (Å²) in [6, 6.07) is 0. The van der Waals surface area contributed by atoms with Crippen LogP contribution in [0.1, 0.15) is 52.9 Å². The molecule has 1 unspecified atom stereocenters. The Bertz CT molecular complexity index is 277. The lowest BCUT2D eigenvalue weighted by atomic mass is 9.75. The van der Waals surface area contributed by atoms with Crippen molar-refractivity contribution in [1.82, 2.24) is 4.90 Å². The SMILES string of the molecule is CC(C)(C)C1CN(CC2CCCC2)CC(F)(F)C1. The Morgan fingerprint density at radius 3 is 2.33 bits per heavy atom. The molecule has 1 saturated heterocycles. The van der Waals surface area contributed by atoms with E-state index in [1.807, 2.05) is 4.90 Å². The van der Waals surface area contributed by atoms with E-state index in [0.29, 0.717) is 5.92 Å². The molecular weight excluding hydrogens is 232 g/mol. The van der Waals surface area contributed by atoms with E-state index >= 15 is 0 Å². The molecular formula is C15H27F2N. The molecule has 2 aliphatic rings. The maximum absolute atomic E-state index is 13.9. The maximum Gasteiger partial charge on any atom is 0.260 e. The summed E-state index contributed by atoms with van der Waals surface area (Å²) in [7, 11) is 0. The minimum atomic E-state index is -2.49. The zero-order chi connectivity index (χ0) is 13.4. The number of halogens is 2. The van der Waals surface area contributed by atoms with Crippen LogP contribution in [0.3, 0.4) is 0 Å². The summed E-state index contributed by atoms with van der Waals surface area (Å²) in [5.41, 5.74) is -0.0161. The van der Waals surface area contributed by atoms with E-state index in [-0.39, 0.29) is 24.3 Å². The van der Waals surface area contributed by atoms with Crippen LogP contribution < -0.4 is 0 Å². The van der Waals surface area contributed by atoms with Gasteiger partial charge in [-0.15, -0.1) is 0 Å². The standard InChI is InChI=1S/C15H27F2N/c1-14(2,3)13-8-15(16,17)11-18(10-13)9-12-6-4-5-7-12/h12-13H,4-11H2,1-3H3. The molecule has 3 heteroatoms. The molecule has 0 amide bonds. The average molecular weight is 259 g/mol. The Hall–Kier alpha value is -0.180. The Kier molecular flexibility index (Phi) is 4.01. The van der Waals surface area contributed by atoms with Gasteiger partial charge in [0.15, 0.2) is 0 Å². The van der Waals surface area contributed by atoms with E-state index in [0.717, 1.165) is 13.1 Å². The number of hydrogen-bond donors (Lipinski definition) is 0. The van der Waals surface area contributed by atoms with E-state index in [4.69, 9.17) is 0 Å². The van der Waals surface area contributed by atoms with Crippen molar-refractivity contribution in [1.29, 1.82) is 0 Å². The predicted octanol–water partition coefficient (Wildman–Crippen LogP) is 4.18. The second kappa shape index (κ2) is 5.07. The third kappa shape index (κ3) is 3.66. The molecule has 1 saturated carbocycles. The molecule has 0 aromatic rings. The lowest BCUT2D eigenvalue weighted by molar-refractivity contribution is -0.105. The maximum atomic E-state index is 13.9. The molecule has 1 heterocycles. The number of alkyl halides is 2. The second-order valence-electron chi connectivity index (χ2n) is 7.47. The zero-order valence-electron chi connectivity index (χ0n) is 12.0. The summed E-state index contributed by atoms with van der Waals surface area (Å²) in [6.45, 7) is 8.00. The van der Waals surface area contributed by atoms with Crippen LogP contribution in [-0.4, -0.2) is 30.5 Å². The lowest BCUT2D eigenvalue weighted by Gasteiger charge is -2.43. The highest BCUT2D eigenvalue weighted by Crippen LogP contribution is 2.40. The molecule has 0 aromatic carbocycles. The van der Waals surface area contributed by atoms with Crippen molar-refractivity contribution < 1.29 is 8.78 Å². The average Bonchev–Trinajstić information content (AvgIpc) is 2.66. The first kappa shape index (κ1) is 14.2. The monoisotopic (exact) mass is 259 g/mol. The highest BCUT2D eigenvalue weighted by atomic mass is 19.3. The Morgan fingerprint density at radius 1 is 1.17 bits per heavy atom. The first-order valence-electron chi connectivity index (χ1n) is 7.36. The summed E-state index contributed by atoms with van der Waals surface area (Å²) >= 11 is 0. The zero-order valence-corrected chi connectivity index (χ0v) is 12.0. The van der Waals surface area contributed by atoms with Crippen LogP contribution in [0.4, 0.5) is 8.78 Å². The summed E-state index contributed by atoms with van der Waals surface area (Å²) < 4.78 is 27.7. The van der Waals surface area contributed by atoms with E-state index in [1.54, 1.807) is 0 Å². The minimum absolute atomic E-state index is 0.0161. The van der Waals surface area contributed by atoms with Gasteiger partial charge < -0.3 is 0 Å². The largest absolute Gasteiger partial charge is 0.297 e. The quantitative estimate of drug-likeness (QED) is 0.719. The minimum Gasteiger partial charge on any atom is -0.297 e. The third-order valence-corrected chi connectivity index (χ3v) is 4.69. The van der Waals surface area contributed by atoms with Crippen molar-refractivity contribution in [2.75, 3.05) is 19.6 Å². The van der Waals surface area contributed by atoms with E-state index in [1.165, 1.54) is 25.7 Å². The topological polar surface area (TPSA) is 3.24 Å². The molecule has 106 valence electrons. The first-order valence-corrected chi connectivity index (χ1v) is 7.36. The van der Waals surface area contributed by atoms with Gasteiger partial charge in [0.05, 0.1) is 6.54 Å². The normalized spacial score (nSPS) is 30.8. The van der Waals surface area contributed by atoms with Crippen LogP contribution in [0.5, 0.6) is 0 Å². The number of nitrogens with zero attached hydrogens (tertiary/aromatic N) is 1. The number of rotatable bonds is 2. The summed E-state index contributed by atoms with van der Waals surface area (Å²) in [6.07, 6.45) is 5.12. The highest BCUT2D eigenvalue weighted by Gasteiger charge is 2.44. The lowest BCUT2D eigenvalue weighted by Crippen LogP contribution is -2.51. The fourth-order valence-electron chi connectivity index (χ4n) is 3.47. The van der Waals surface area contributed by atoms with Gasteiger partial charge in [-0.05, 0) is 30.1 Å². The molecule has 0 aromatic heterocycles. The van der Waals surface area contributed by atoms with Gasteiger partial charge in [-0.2, -0.15) is 0 Å². The van der Waals surface area contributed by atoms with E-state index in [9.17, 15) is 8.78 Å². The van der Waals surface area contributed by atoms with Crippen molar-refractivity contribution in [3.63, 3.8) is 0 Å². The van der Waals surface area contributed by atoms with Gasteiger partial charge in [0, 0.05) is 19.5 Å². The van der Waals surface area contributed by atoms with Crippen molar-refractivity contribution in [3.8, 4) is 0 Å². The summed E-state index contributed by atoms with van der Waals surface area (Å²) in [4.78, 5) is 2.04.